The van der Waals surface area contributed by atoms with Crippen molar-refractivity contribution < 1.29 is 4.52 Å². The zero-order valence-electron chi connectivity index (χ0n) is 16.8. The molecule has 6 rings (SSSR count). The number of nitrogens with one attached hydrogen (secondary N) is 2. The zero-order valence-corrected chi connectivity index (χ0v) is 16.8. The Labute approximate surface area is 167 Å². The van der Waals surface area contributed by atoms with Gasteiger partial charge in [-0.1, -0.05) is 5.16 Å². The van der Waals surface area contributed by atoms with Crippen LogP contribution in [0.2, 0.25) is 0 Å². The van der Waals surface area contributed by atoms with Crippen LogP contribution in [0.3, 0.4) is 0 Å². The van der Waals surface area contributed by atoms with E-state index in [-0.39, 0.29) is 5.69 Å². The molecule has 148 valence electrons. The maximum atomic E-state index is 12.2. The number of imidazole rings is 1. The first-order valence-electron chi connectivity index (χ1n) is 10.3. The lowest BCUT2D eigenvalue weighted by atomic mass is 9.93. The first-order chi connectivity index (χ1) is 14.0. The molecule has 2 aliphatic rings. The Bertz CT molecular complexity index is 1310. The molecule has 0 radical (unpaired) electrons. The largest absolute Gasteiger partial charge is 0.361 e. The van der Waals surface area contributed by atoms with E-state index in [1.807, 2.05) is 19.9 Å². The van der Waals surface area contributed by atoms with Crippen molar-refractivity contribution in [2.24, 2.45) is 7.05 Å². The second-order valence-electron chi connectivity index (χ2n) is 8.54. The summed E-state index contributed by atoms with van der Waals surface area (Å²) < 4.78 is 7.48. The van der Waals surface area contributed by atoms with Gasteiger partial charge in [0.05, 0.1) is 22.4 Å². The standard InChI is InChI=1S/C22H23N5O2/c1-10-17(11(2)29-26-10)14-8-15(20-16(9-14)23-22(28)24-20)18-19(12-4-5-12)25-27(3)21(18)13-6-7-13/h8-9,12-13H,4-7H2,1-3H3,(H2,23,24,28). The van der Waals surface area contributed by atoms with Gasteiger partial charge in [0.2, 0.25) is 0 Å². The number of nitrogens with zero attached hydrogens (tertiary/aromatic N) is 3. The third-order valence-electron chi connectivity index (χ3n) is 6.26. The summed E-state index contributed by atoms with van der Waals surface area (Å²) in [6, 6.07) is 4.18. The van der Waals surface area contributed by atoms with Gasteiger partial charge < -0.3 is 14.5 Å². The summed E-state index contributed by atoms with van der Waals surface area (Å²) in [5.41, 5.74) is 9.03. The minimum atomic E-state index is -0.193. The van der Waals surface area contributed by atoms with Gasteiger partial charge in [-0.15, -0.1) is 0 Å². The van der Waals surface area contributed by atoms with Gasteiger partial charge in [0, 0.05) is 41.3 Å². The summed E-state index contributed by atoms with van der Waals surface area (Å²) in [6.07, 6.45) is 4.77. The Hall–Kier alpha value is -3.09. The number of hydrogen-bond donors (Lipinski definition) is 2. The van der Waals surface area contributed by atoms with Gasteiger partial charge in [-0.05, 0) is 57.2 Å². The molecule has 0 atom stereocenters. The molecule has 0 spiro atoms. The summed E-state index contributed by atoms with van der Waals surface area (Å²) in [7, 11) is 2.05. The van der Waals surface area contributed by atoms with E-state index in [2.05, 4.69) is 32.9 Å². The van der Waals surface area contributed by atoms with Gasteiger partial charge in [-0.3, -0.25) is 4.68 Å². The molecule has 3 aromatic heterocycles. The molecule has 2 fully saturated rings. The van der Waals surface area contributed by atoms with Crippen LogP contribution < -0.4 is 5.69 Å². The fourth-order valence-corrected chi connectivity index (χ4v) is 4.68. The third-order valence-corrected chi connectivity index (χ3v) is 6.26. The zero-order chi connectivity index (χ0) is 19.9. The fourth-order valence-electron chi connectivity index (χ4n) is 4.68. The molecule has 1 aromatic carbocycles. The van der Waals surface area contributed by atoms with Gasteiger partial charge >= 0.3 is 5.69 Å². The first kappa shape index (κ1) is 16.8. The van der Waals surface area contributed by atoms with E-state index < -0.39 is 0 Å². The lowest BCUT2D eigenvalue weighted by Crippen LogP contribution is -2.00. The molecule has 0 aliphatic heterocycles. The van der Waals surface area contributed by atoms with Crippen molar-refractivity contribution >= 4 is 11.0 Å². The minimum Gasteiger partial charge on any atom is -0.361 e. The van der Waals surface area contributed by atoms with E-state index in [1.54, 1.807) is 0 Å². The maximum Gasteiger partial charge on any atom is 0.323 e. The van der Waals surface area contributed by atoms with E-state index in [0.717, 1.165) is 39.2 Å². The van der Waals surface area contributed by atoms with Crippen LogP contribution in [0.25, 0.3) is 33.3 Å². The highest BCUT2D eigenvalue weighted by atomic mass is 16.5. The van der Waals surface area contributed by atoms with Crippen molar-refractivity contribution in [3.8, 4) is 22.3 Å². The highest BCUT2D eigenvalue weighted by Crippen LogP contribution is 2.51. The van der Waals surface area contributed by atoms with Crippen LogP contribution in [0.4, 0.5) is 0 Å². The number of aromatic nitrogens is 5. The Kier molecular flexibility index (Phi) is 3.32. The van der Waals surface area contributed by atoms with Crippen molar-refractivity contribution in [1.82, 2.24) is 24.9 Å². The molecule has 0 bridgehead atoms. The highest BCUT2D eigenvalue weighted by Gasteiger charge is 2.37. The molecule has 0 amide bonds. The molecule has 7 heteroatoms. The molecule has 2 aliphatic carbocycles. The predicted octanol–water partition coefficient (Wildman–Crippen LogP) is 4.28. The van der Waals surface area contributed by atoms with E-state index >= 15 is 0 Å². The van der Waals surface area contributed by atoms with Gasteiger partial charge in [0.1, 0.15) is 5.76 Å². The van der Waals surface area contributed by atoms with Crippen LogP contribution in [0.5, 0.6) is 0 Å². The second-order valence-corrected chi connectivity index (χ2v) is 8.54. The van der Waals surface area contributed by atoms with E-state index in [9.17, 15) is 4.79 Å². The molecule has 0 saturated heterocycles. The van der Waals surface area contributed by atoms with Gasteiger partial charge in [-0.2, -0.15) is 5.10 Å². The Balaban J connectivity index is 1.69. The molecule has 4 aromatic rings. The topological polar surface area (TPSA) is 92.5 Å². The number of rotatable bonds is 4. The summed E-state index contributed by atoms with van der Waals surface area (Å²) >= 11 is 0. The van der Waals surface area contributed by atoms with Crippen LogP contribution in [0.1, 0.15) is 60.4 Å². The smallest absolute Gasteiger partial charge is 0.323 e. The SMILES string of the molecule is Cc1noc(C)c1-c1cc(-c2c(C3CC3)nn(C)c2C2CC2)c2[nH]c(=O)[nH]c2c1. The first-order valence-corrected chi connectivity index (χ1v) is 10.3. The van der Waals surface area contributed by atoms with Gasteiger partial charge in [-0.25, -0.2) is 4.79 Å². The number of aryl methyl sites for hydroxylation is 3. The predicted molar refractivity (Wildman–Crippen MR) is 110 cm³/mol. The number of benzene rings is 1. The van der Waals surface area contributed by atoms with Crippen molar-refractivity contribution in [2.75, 3.05) is 0 Å². The quantitative estimate of drug-likeness (QED) is 0.545. The molecular weight excluding hydrogens is 366 g/mol. The van der Waals surface area contributed by atoms with Crippen molar-refractivity contribution in [3.05, 3.63) is 45.5 Å². The van der Waals surface area contributed by atoms with E-state index in [0.29, 0.717) is 11.8 Å². The Morgan fingerprint density at radius 2 is 1.83 bits per heavy atom. The van der Waals surface area contributed by atoms with Crippen LogP contribution in [0, 0.1) is 13.8 Å². The summed E-state index contributed by atoms with van der Waals surface area (Å²) in [5.74, 6) is 1.85. The summed E-state index contributed by atoms with van der Waals surface area (Å²) in [5, 5.41) is 9.06. The highest BCUT2D eigenvalue weighted by molar-refractivity contribution is 5.97. The van der Waals surface area contributed by atoms with Crippen molar-refractivity contribution in [3.63, 3.8) is 0 Å². The van der Waals surface area contributed by atoms with Crippen LogP contribution in [-0.2, 0) is 7.05 Å². The average molecular weight is 389 g/mol. The number of fused-ring (bicyclic) bond motifs is 1. The van der Waals surface area contributed by atoms with Crippen molar-refractivity contribution in [2.45, 2.75) is 51.4 Å². The van der Waals surface area contributed by atoms with E-state index in [4.69, 9.17) is 9.62 Å². The van der Waals surface area contributed by atoms with Crippen LogP contribution in [-0.4, -0.2) is 24.9 Å². The number of H-pyrrole nitrogens is 2. The summed E-state index contributed by atoms with van der Waals surface area (Å²) in [4.78, 5) is 18.2. The van der Waals surface area contributed by atoms with Gasteiger partial charge in [0.25, 0.3) is 0 Å². The normalized spacial score (nSPS) is 16.8. The maximum absolute atomic E-state index is 12.2. The van der Waals surface area contributed by atoms with Crippen LogP contribution >= 0.6 is 0 Å². The third kappa shape index (κ3) is 2.53. The molecule has 3 heterocycles. The molecular formula is C22H23N5O2. The number of aromatic amines is 2. The minimum absolute atomic E-state index is 0.193. The second kappa shape index (κ2) is 5.72. The molecule has 29 heavy (non-hydrogen) atoms. The molecule has 2 N–H and O–H groups in total. The lowest BCUT2D eigenvalue weighted by Gasteiger charge is -2.11. The lowest BCUT2D eigenvalue weighted by molar-refractivity contribution is 0.393. The summed E-state index contributed by atoms with van der Waals surface area (Å²) in [6.45, 7) is 3.87. The Morgan fingerprint density at radius 3 is 2.48 bits per heavy atom. The fraction of sp³-hybridized carbons (Fsp3) is 0.409. The van der Waals surface area contributed by atoms with E-state index in [1.165, 1.54) is 42.6 Å². The molecule has 7 nitrogen and oxygen atoms in total. The van der Waals surface area contributed by atoms with Crippen LogP contribution in [0.15, 0.2) is 21.5 Å². The number of hydrogen-bond acceptors (Lipinski definition) is 4. The van der Waals surface area contributed by atoms with Gasteiger partial charge in [0.15, 0.2) is 0 Å². The Morgan fingerprint density at radius 1 is 1.07 bits per heavy atom. The monoisotopic (exact) mass is 389 g/mol. The average Bonchev–Trinajstić information content (AvgIpc) is 3.59. The molecule has 0 unspecified atom stereocenters. The molecule has 2 saturated carbocycles. The van der Waals surface area contributed by atoms with Crippen molar-refractivity contribution in [1.29, 1.82) is 0 Å².